The molecule has 2 aromatic carbocycles. The molecule has 0 radical (unpaired) electrons. The number of carbonyl (C=O) groups excluding carboxylic acids is 1. The molecule has 6 heteroatoms. The third kappa shape index (κ3) is 4.51. The van der Waals surface area contributed by atoms with Gasteiger partial charge < -0.3 is 15.2 Å². The van der Waals surface area contributed by atoms with Crippen LogP contribution in [0.1, 0.15) is 45.7 Å². The number of carboxylic acids is 1. The van der Waals surface area contributed by atoms with Crippen molar-refractivity contribution in [2.45, 2.75) is 33.8 Å². The van der Waals surface area contributed by atoms with Crippen LogP contribution in [0.3, 0.4) is 0 Å². The van der Waals surface area contributed by atoms with E-state index in [4.69, 9.17) is 21.4 Å². The highest BCUT2D eigenvalue weighted by molar-refractivity contribution is 6.32. The standard InChI is InChI=1S/C19H20ClNO4/c1-10(2)25-17-12(4)7-13(9-16(17)20)18(22)21-14-5-6-15(19(23)24)11(3)8-14/h5-10H,1-4H3,(H,21,22)(H,23,24). The van der Waals surface area contributed by atoms with E-state index < -0.39 is 5.97 Å². The van der Waals surface area contributed by atoms with E-state index in [1.54, 1.807) is 31.2 Å². The Morgan fingerprint density at radius 3 is 2.32 bits per heavy atom. The van der Waals surface area contributed by atoms with Gasteiger partial charge in [0.2, 0.25) is 0 Å². The summed E-state index contributed by atoms with van der Waals surface area (Å²) >= 11 is 6.24. The SMILES string of the molecule is Cc1cc(NC(=O)c2cc(C)c(OC(C)C)c(Cl)c2)ccc1C(=O)O. The summed E-state index contributed by atoms with van der Waals surface area (Å²) in [4.78, 5) is 23.5. The molecule has 2 aromatic rings. The lowest BCUT2D eigenvalue weighted by atomic mass is 10.1. The van der Waals surface area contributed by atoms with Crippen LogP contribution in [0.4, 0.5) is 5.69 Å². The van der Waals surface area contributed by atoms with Gasteiger partial charge in [0, 0.05) is 11.3 Å². The predicted molar refractivity (Wildman–Crippen MR) is 98.0 cm³/mol. The van der Waals surface area contributed by atoms with E-state index in [0.717, 1.165) is 5.56 Å². The van der Waals surface area contributed by atoms with Gasteiger partial charge in [0.15, 0.2) is 0 Å². The first-order chi connectivity index (χ1) is 11.7. The Hall–Kier alpha value is -2.53. The molecule has 0 spiro atoms. The van der Waals surface area contributed by atoms with Crippen molar-refractivity contribution in [3.8, 4) is 5.75 Å². The molecule has 0 bridgehead atoms. The second-order valence-electron chi connectivity index (χ2n) is 6.06. The van der Waals surface area contributed by atoms with Crippen LogP contribution in [-0.2, 0) is 0 Å². The zero-order chi connectivity index (χ0) is 18.7. The van der Waals surface area contributed by atoms with Gasteiger partial charge in [0.25, 0.3) is 5.91 Å². The van der Waals surface area contributed by atoms with Crippen molar-refractivity contribution in [3.05, 3.63) is 57.6 Å². The van der Waals surface area contributed by atoms with Gasteiger partial charge in [-0.3, -0.25) is 4.79 Å². The maximum Gasteiger partial charge on any atom is 0.335 e. The quantitative estimate of drug-likeness (QED) is 0.809. The highest BCUT2D eigenvalue weighted by Gasteiger charge is 2.15. The maximum absolute atomic E-state index is 12.5. The Bertz CT molecular complexity index is 807. The zero-order valence-corrected chi connectivity index (χ0v) is 15.3. The van der Waals surface area contributed by atoms with Crippen molar-refractivity contribution in [3.63, 3.8) is 0 Å². The Labute approximate surface area is 151 Å². The molecular weight excluding hydrogens is 342 g/mol. The van der Waals surface area contributed by atoms with Gasteiger partial charge in [-0.05, 0) is 69.2 Å². The number of benzene rings is 2. The molecule has 0 aromatic heterocycles. The van der Waals surface area contributed by atoms with E-state index in [1.165, 1.54) is 6.07 Å². The molecule has 0 aliphatic heterocycles. The summed E-state index contributed by atoms with van der Waals surface area (Å²) in [6.07, 6.45) is -0.0217. The highest BCUT2D eigenvalue weighted by atomic mass is 35.5. The molecule has 0 unspecified atom stereocenters. The highest BCUT2D eigenvalue weighted by Crippen LogP contribution is 2.31. The first-order valence-electron chi connectivity index (χ1n) is 7.81. The van der Waals surface area contributed by atoms with E-state index in [2.05, 4.69) is 5.32 Å². The minimum atomic E-state index is -1.00. The fraction of sp³-hybridized carbons (Fsp3) is 0.263. The van der Waals surface area contributed by atoms with Crippen molar-refractivity contribution >= 4 is 29.2 Å². The van der Waals surface area contributed by atoms with Gasteiger partial charge in [0.05, 0.1) is 16.7 Å². The molecule has 0 aliphatic carbocycles. The van der Waals surface area contributed by atoms with E-state index in [0.29, 0.717) is 27.6 Å². The van der Waals surface area contributed by atoms with Gasteiger partial charge >= 0.3 is 5.97 Å². The molecule has 0 heterocycles. The number of aryl methyl sites for hydroxylation is 2. The summed E-state index contributed by atoms with van der Waals surface area (Å²) in [5.41, 5.74) is 2.46. The van der Waals surface area contributed by atoms with Crippen LogP contribution >= 0.6 is 11.6 Å². The summed E-state index contributed by atoms with van der Waals surface area (Å²) in [5.74, 6) is -0.767. The number of halogens is 1. The lowest BCUT2D eigenvalue weighted by Crippen LogP contribution is -2.14. The maximum atomic E-state index is 12.5. The molecule has 0 aliphatic rings. The molecule has 1 amide bonds. The number of hydrogen-bond donors (Lipinski definition) is 2. The minimum Gasteiger partial charge on any atom is -0.489 e. The van der Waals surface area contributed by atoms with E-state index >= 15 is 0 Å². The van der Waals surface area contributed by atoms with Crippen LogP contribution in [-0.4, -0.2) is 23.1 Å². The van der Waals surface area contributed by atoms with Crippen LogP contribution < -0.4 is 10.1 Å². The van der Waals surface area contributed by atoms with Crippen LogP contribution in [0.15, 0.2) is 30.3 Å². The average molecular weight is 362 g/mol. The first kappa shape index (κ1) is 18.8. The van der Waals surface area contributed by atoms with Gasteiger partial charge in [-0.25, -0.2) is 4.79 Å². The van der Waals surface area contributed by atoms with Gasteiger partial charge in [0.1, 0.15) is 5.75 Å². The molecule has 0 fully saturated rings. The number of hydrogen-bond acceptors (Lipinski definition) is 3. The number of anilines is 1. The fourth-order valence-electron chi connectivity index (χ4n) is 2.43. The van der Waals surface area contributed by atoms with Crippen LogP contribution in [0, 0.1) is 13.8 Å². The van der Waals surface area contributed by atoms with E-state index in [9.17, 15) is 9.59 Å². The number of carbonyl (C=O) groups is 2. The monoisotopic (exact) mass is 361 g/mol. The topological polar surface area (TPSA) is 75.6 Å². The number of nitrogens with one attached hydrogen (secondary N) is 1. The van der Waals surface area contributed by atoms with Crippen LogP contribution in [0.5, 0.6) is 5.75 Å². The number of rotatable bonds is 5. The third-order valence-corrected chi connectivity index (χ3v) is 3.84. The molecule has 2 N–H and O–H groups in total. The Balaban J connectivity index is 2.24. The summed E-state index contributed by atoms with van der Waals surface area (Å²) in [6.45, 7) is 7.31. The summed E-state index contributed by atoms with van der Waals surface area (Å²) in [6, 6.07) is 7.90. The summed E-state index contributed by atoms with van der Waals surface area (Å²) in [7, 11) is 0. The zero-order valence-electron chi connectivity index (χ0n) is 14.5. The van der Waals surface area contributed by atoms with Gasteiger partial charge in [-0.1, -0.05) is 11.6 Å². The Morgan fingerprint density at radius 2 is 1.80 bits per heavy atom. The van der Waals surface area contributed by atoms with Crippen LogP contribution in [0.25, 0.3) is 0 Å². The lowest BCUT2D eigenvalue weighted by molar-refractivity contribution is 0.0696. The van der Waals surface area contributed by atoms with Crippen molar-refractivity contribution < 1.29 is 19.4 Å². The van der Waals surface area contributed by atoms with Crippen molar-refractivity contribution in [2.24, 2.45) is 0 Å². The number of aromatic carboxylic acids is 1. The number of ether oxygens (including phenoxy) is 1. The molecule has 2 rings (SSSR count). The van der Waals surface area contributed by atoms with Crippen molar-refractivity contribution in [2.75, 3.05) is 5.32 Å². The molecular formula is C19H20ClNO4. The first-order valence-corrected chi connectivity index (χ1v) is 8.19. The Kier molecular flexibility index (Phi) is 5.69. The molecule has 0 atom stereocenters. The third-order valence-electron chi connectivity index (χ3n) is 3.56. The van der Waals surface area contributed by atoms with Crippen molar-refractivity contribution in [1.82, 2.24) is 0 Å². The molecule has 132 valence electrons. The fourth-order valence-corrected chi connectivity index (χ4v) is 2.74. The Morgan fingerprint density at radius 1 is 1.12 bits per heavy atom. The van der Waals surface area contributed by atoms with E-state index in [1.807, 2.05) is 20.8 Å². The second-order valence-corrected chi connectivity index (χ2v) is 6.47. The summed E-state index contributed by atoms with van der Waals surface area (Å²) in [5, 5.41) is 12.2. The largest absolute Gasteiger partial charge is 0.489 e. The molecule has 5 nitrogen and oxygen atoms in total. The van der Waals surface area contributed by atoms with Crippen LogP contribution in [0.2, 0.25) is 5.02 Å². The number of carboxylic acid groups (broad SMARTS) is 1. The van der Waals surface area contributed by atoms with Gasteiger partial charge in [-0.15, -0.1) is 0 Å². The minimum absolute atomic E-state index is 0.0217. The summed E-state index contributed by atoms with van der Waals surface area (Å²) < 4.78 is 5.66. The average Bonchev–Trinajstić information content (AvgIpc) is 2.50. The second kappa shape index (κ2) is 7.57. The normalized spacial score (nSPS) is 10.6. The molecule has 0 saturated heterocycles. The van der Waals surface area contributed by atoms with E-state index in [-0.39, 0.29) is 17.6 Å². The smallest absolute Gasteiger partial charge is 0.335 e. The lowest BCUT2D eigenvalue weighted by Gasteiger charge is -2.15. The molecule has 25 heavy (non-hydrogen) atoms. The van der Waals surface area contributed by atoms with Crippen molar-refractivity contribution in [1.29, 1.82) is 0 Å². The number of amides is 1. The predicted octanol–water partition coefficient (Wildman–Crippen LogP) is 4.69. The molecule has 0 saturated carbocycles. The van der Waals surface area contributed by atoms with Gasteiger partial charge in [-0.2, -0.15) is 0 Å².